The number of hydrogen-bond donors (Lipinski definition) is 1. The van der Waals surface area contributed by atoms with Crippen molar-refractivity contribution >= 4 is 23.6 Å². The third-order valence-corrected chi connectivity index (χ3v) is 4.04. The Hall–Kier alpha value is -3.48. The molecule has 0 bridgehead atoms. The van der Waals surface area contributed by atoms with Crippen molar-refractivity contribution in [1.29, 1.82) is 0 Å². The molecule has 2 atom stereocenters. The van der Waals surface area contributed by atoms with Crippen LogP contribution < -0.4 is 5.32 Å². The molecule has 0 aliphatic rings. The van der Waals surface area contributed by atoms with Gasteiger partial charge in [-0.15, -0.1) is 0 Å². The summed E-state index contributed by atoms with van der Waals surface area (Å²) in [5.74, 6) is -1.45. The van der Waals surface area contributed by atoms with E-state index in [1.54, 1.807) is 19.1 Å². The fourth-order valence-electron chi connectivity index (χ4n) is 2.59. The zero-order valence-electron chi connectivity index (χ0n) is 15.0. The molecule has 2 rings (SSSR count). The highest BCUT2D eigenvalue weighted by Crippen LogP contribution is 2.23. The Kier molecular flexibility index (Phi) is 6.82. The van der Waals surface area contributed by atoms with Gasteiger partial charge in [-0.05, 0) is 24.1 Å². The monoisotopic (exact) mass is 368 g/mol. The molecule has 0 heterocycles. The maximum atomic E-state index is 12.4. The second-order valence-corrected chi connectivity index (χ2v) is 5.89. The molecule has 0 spiro atoms. The number of non-ortho nitro benzene ring substituents is 1. The van der Waals surface area contributed by atoms with E-state index in [2.05, 4.69) is 5.32 Å². The smallest absolute Gasteiger partial charge is 0.310 e. The molecule has 2 aromatic rings. The van der Waals surface area contributed by atoms with Gasteiger partial charge in [-0.3, -0.25) is 19.7 Å². The molecule has 0 radical (unpaired) electrons. The number of carbonyl (C=O) groups is 2. The van der Waals surface area contributed by atoms with Crippen LogP contribution in [-0.2, 0) is 14.3 Å². The van der Waals surface area contributed by atoms with Gasteiger partial charge in [-0.1, -0.05) is 42.5 Å². The maximum absolute atomic E-state index is 12.4. The Morgan fingerprint density at radius 2 is 1.85 bits per heavy atom. The van der Waals surface area contributed by atoms with Crippen LogP contribution >= 0.6 is 0 Å². The standard InChI is InChI=1S/C20H20N2O5/c1-14(20(24)27-2)19(16-8-4-3-5-9-16)21-18(23)12-11-15-7-6-10-17(13-15)22(25)26/h3-14,19H,1-2H3,(H,21,23). The molecule has 0 aliphatic carbocycles. The summed E-state index contributed by atoms with van der Waals surface area (Å²) in [5.41, 5.74) is 1.24. The van der Waals surface area contributed by atoms with Crippen molar-refractivity contribution in [2.24, 2.45) is 5.92 Å². The van der Waals surface area contributed by atoms with Gasteiger partial charge in [0.1, 0.15) is 0 Å². The maximum Gasteiger partial charge on any atom is 0.310 e. The lowest BCUT2D eigenvalue weighted by Gasteiger charge is -2.23. The van der Waals surface area contributed by atoms with Gasteiger partial charge >= 0.3 is 5.97 Å². The normalized spacial score (nSPS) is 13.0. The number of nitro groups is 1. The molecule has 27 heavy (non-hydrogen) atoms. The van der Waals surface area contributed by atoms with Crippen molar-refractivity contribution in [2.75, 3.05) is 7.11 Å². The first kappa shape index (κ1) is 19.8. The van der Waals surface area contributed by atoms with Gasteiger partial charge in [0, 0.05) is 18.2 Å². The highest BCUT2D eigenvalue weighted by molar-refractivity contribution is 5.92. The van der Waals surface area contributed by atoms with Crippen molar-refractivity contribution in [3.05, 3.63) is 81.9 Å². The molecular formula is C20H20N2O5. The zero-order valence-corrected chi connectivity index (χ0v) is 15.0. The van der Waals surface area contributed by atoms with Crippen molar-refractivity contribution in [3.63, 3.8) is 0 Å². The van der Waals surface area contributed by atoms with E-state index in [0.29, 0.717) is 5.56 Å². The third kappa shape index (κ3) is 5.50. The van der Waals surface area contributed by atoms with Gasteiger partial charge in [0.15, 0.2) is 0 Å². The Balaban J connectivity index is 2.17. The summed E-state index contributed by atoms with van der Waals surface area (Å²) in [6.07, 6.45) is 2.76. The largest absolute Gasteiger partial charge is 0.469 e. The summed E-state index contributed by atoms with van der Waals surface area (Å²) in [6.45, 7) is 1.67. The number of rotatable bonds is 7. The molecule has 0 fully saturated rings. The van der Waals surface area contributed by atoms with Gasteiger partial charge in [-0.2, -0.15) is 0 Å². The SMILES string of the molecule is COC(=O)C(C)C(NC(=O)C=Cc1cccc([N+](=O)[O-])c1)c1ccccc1. The second kappa shape index (κ2) is 9.28. The molecule has 7 heteroatoms. The van der Waals surface area contributed by atoms with Gasteiger partial charge in [0.05, 0.1) is 24.0 Å². The molecule has 0 aliphatic heterocycles. The van der Waals surface area contributed by atoms with Crippen LogP contribution in [0.25, 0.3) is 6.08 Å². The molecule has 140 valence electrons. The molecule has 2 unspecified atom stereocenters. The van der Waals surface area contributed by atoms with Crippen LogP contribution in [0.4, 0.5) is 5.69 Å². The Bertz CT molecular complexity index is 848. The highest BCUT2D eigenvalue weighted by atomic mass is 16.6. The minimum atomic E-state index is -0.590. The van der Waals surface area contributed by atoms with Gasteiger partial charge in [-0.25, -0.2) is 0 Å². The summed E-state index contributed by atoms with van der Waals surface area (Å²) >= 11 is 0. The van der Waals surface area contributed by atoms with E-state index < -0.39 is 28.8 Å². The average Bonchev–Trinajstić information content (AvgIpc) is 2.70. The second-order valence-electron chi connectivity index (χ2n) is 5.89. The van der Waals surface area contributed by atoms with Crippen molar-refractivity contribution in [1.82, 2.24) is 5.32 Å². The predicted molar refractivity (Wildman–Crippen MR) is 101 cm³/mol. The number of esters is 1. The Morgan fingerprint density at radius 1 is 1.15 bits per heavy atom. The lowest BCUT2D eigenvalue weighted by Crippen LogP contribution is -2.35. The van der Waals surface area contributed by atoms with Crippen LogP contribution in [0.3, 0.4) is 0 Å². The molecule has 0 saturated carbocycles. The average molecular weight is 368 g/mol. The van der Waals surface area contributed by atoms with Crippen LogP contribution in [0.2, 0.25) is 0 Å². The van der Waals surface area contributed by atoms with E-state index in [-0.39, 0.29) is 5.69 Å². The van der Waals surface area contributed by atoms with Crippen molar-refractivity contribution < 1.29 is 19.2 Å². The van der Waals surface area contributed by atoms with E-state index in [1.165, 1.54) is 31.4 Å². The minimum absolute atomic E-state index is 0.0565. The summed E-state index contributed by atoms with van der Waals surface area (Å²) in [5, 5.41) is 13.6. The molecule has 2 aromatic carbocycles. The summed E-state index contributed by atoms with van der Waals surface area (Å²) in [7, 11) is 1.30. The number of benzene rings is 2. The number of methoxy groups -OCH3 is 1. The van der Waals surface area contributed by atoms with E-state index in [4.69, 9.17) is 4.74 Å². The van der Waals surface area contributed by atoms with Gasteiger partial charge in [0.2, 0.25) is 5.91 Å². The number of ether oxygens (including phenoxy) is 1. The first-order chi connectivity index (χ1) is 12.9. The summed E-state index contributed by atoms with van der Waals surface area (Å²) < 4.78 is 4.79. The first-order valence-corrected chi connectivity index (χ1v) is 8.28. The van der Waals surface area contributed by atoms with Crippen molar-refractivity contribution in [3.8, 4) is 0 Å². The molecular weight excluding hydrogens is 348 g/mol. The number of hydrogen-bond acceptors (Lipinski definition) is 5. The summed E-state index contributed by atoms with van der Waals surface area (Å²) in [4.78, 5) is 34.6. The third-order valence-electron chi connectivity index (χ3n) is 4.04. The molecule has 0 aromatic heterocycles. The van der Waals surface area contributed by atoms with E-state index >= 15 is 0 Å². The number of nitrogens with one attached hydrogen (secondary N) is 1. The van der Waals surface area contributed by atoms with Crippen LogP contribution in [0.1, 0.15) is 24.1 Å². The van der Waals surface area contributed by atoms with Crippen LogP contribution in [-0.4, -0.2) is 23.9 Å². The lowest BCUT2D eigenvalue weighted by atomic mass is 9.94. The molecule has 1 N–H and O–H groups in total. The number of carbonyl (C=O) groups excluding carboxylic acids is 2. The number of amides is 1. The van der Waals surface area contributed by atoms with Gasteiger partial charge < -0.3 is 10.1 Å². The Labute approximate surface area is 156 Å². The fraction of sp³-hybridized carbons (Fsp3) is 0.200. The fourth-order valence-corrected chi connectivity index (χ4v) is 2.59. The van der Waals surface area contributed by atoms with E-state index in [1.807, 2.05) is 30.3 Å². The Morgan fingerprint density at radius 3 is 2.48 bits per heavy atom. The quantitative estimate of drug-likeness (QED) is 0.350. The van der Waals surface area contributed by atoms with Gasteiger partial charge in [0.25, 0.3) is 5.69 Å². The number of nitro benzene ring substituents is 1. The molecule has 0 saturated heterocycles. The summed E-state index contributed by atoms with van der Waals surface area (Å²) in [6, 6.07) is 14.5. The van der Waals surface area contributed by atoms with Crippen LogP contribution in [0.15, 0.2) is 60.7 Å². The van der Waals surface area contributed by atoms with E-state index in [0.717, 1.165) is 5.56 Å². The van der Waals surface area contributed by atoms with Crippen LogP contribution in [0, 0.1) is 16.0 Å². The minimum Gasteiger partial charge on any atom is -0.469 e. The van der Waals surface area contributed by atoms with Crippen molar-refractivity contribution in [2.45, 2.75) is 13.0 Å². The molecule has 1 amide bonds. The predicted octanol–water partition coefficient (Wildman–Crippen LogP) is 3.27. The topological polar surface area (TPSA) is 98.5 Å². The zero-order chi connectivity index (χ0) is 19.8. The van der Waals surface area contributed by atoms with E-state index in [9.17, 15) is 19.7 Å². The highest BCUT2D eigenvalue weighted by Gasteiger charge is 2.27. The number of nitrogens with zero attached hydrogens (tertiary/aromatic N) is 1. The first-order valence-electron chi connectivity index (χ1n) is 8.28. The molecule has 7 nitrogen and oxygen atoms in total. The lowest BCUT2D eigenvalue weighted by molar-refractivity contribution is -0.384. The van der Waals surface area contributed by atoms with Crippen LogP contribution in [0.5, 0.6) is 0 Å².